The van der Waals surface area contributed by atoms with Crippen LogP contribution in [0.4, 0.5) is 5.95 Å². The van der Waals surface area contributed by atoms with E-state index >= 15 is 0 Å². The number of carbonyl (C=O) groups excluding carboxylic acids is 1. The molecule has 1 aliphatic heterocycles. The molecule has 5 rings (SSSR count). The largest absolute Gasteiger partial charge is 0.375 e. The maximum atomic E-state index is 12.5. The summed E-state index contributed by atoms with van der Waals surface area (Å²) >= 11 is 1.49. The van der Waals surface area contributed by atoms with Crippen molar-refractivity contribution in [2.45, 2.75) is 25.0 Å². The monoisotopic (exact) mass is 461 g/mol. The summed E-state index contributed by atoms with van der Waals surface area (Å²) < 4.78 is 0. The van der Waals surface area contributed by atoms with Crippen LogP contribution in [0.15, 0.2) is 54.3 Å². The van der Waals surface area contributed by atoms with Gasteiger partial charge in [-0.25, -0.2) is 15.0 Å². The predicted octanol–water partition coefficient (Wildman–Crippen LogP) is 3.21. The molecule has 4 aromatic rings. The molecule has 9 nitrogen and oxygen atoms in total. The lowest BCUT2D eigenvalue weighted by molar-refractivity contribution is -0.143. The summed E-state index contributed by atoms with van der Waals surface area (Å²) in [4.78, 5) is 27.7. The van der Waals surface area contributed by atoms with Gasteiger partial charge in [0.1, 0.15) is 10.7 Å². The molecule has 1 aliphatic rings. The first kappa shape index (κ1) is 21.2. The predicted molar refractivity (Wildman–Crippen MR) is 125 cm³/mol. The number of rotatable bonds is 6. The summed E-state index contributed by atoms with van der Waals surface area (Å²) in [5.41, 5.74) is 2.40. The van der Waals surface area contributed by atoms with Gasteiger partial charge in [-0.3, -0.25) is 9.89 Å². The normalized spacial score (nSPS) is 19.1. The second kappa shape index (κ2) is 8.38. The molecule has 0 spiro atoms. The molecule has 2 atom stereocenters. The molecule has 33 heavy (non-hydrogen) atoms. The average Bonchev–Trinajstić information content (AvgIpc) is 3.59. The minimum absolute atomic E-state index is 0.00382. The van der Waals surface area contributed by atoms with E-state index in [1.165, 1.54) is 11.3 Å². The van der Waals surface area contributed by atoms with Crippen molar-refractivity contribution in [3.8, 4) is 22.0 Å². The smallest absolute Gasteiger partial charge is 0.258 e. The van der Waals surface area contributed by atoms with Gasteiger partial charge in [-0.15, -0.1) is 11.3 Å². The Morgan fingerprint density at radius 1 is 1.27 bits per heavy atom. The Bertz CT molecular complexity index is 1290. The fourth-order valence-corrected chi connectivity index (χ4v) is 4.71. The zero-order chi connectivity index (χ0) is 23.0. The van der Waals surface area contributed by atoms with Crippen LogP contribution in [-0.4, -0.2) is 54.7 Å². The van der Waals surface area contributed by atoms with E-state index in [0.717, 1.165) is 21.8 Å². The van der Waals surface area contributed by atoms with Crippen LogP contribution in [0.25, 0.3) is 22.0 Å². The second-order valence-electron chi connectivity index (χ2n) is 8.12. The van der Waals surface area contributed by atoms with Crippen LogP contribution in [0, 0.1) is 0 Å². The third-order valence-corrected chi connectivity index (χ3v) is 6.78. The topological polar surface area (TPSA) is 120 Å². The third kappa shape index (κ3) is 3.98. The number of hydrogen-bond acceptors (Lipinski definition) is 8. The van der Waals surface area contributed by atoms with E-state index < -0.39 is 5.60 Å². The van der Waals surface area contributed by atoms with Crippen LogP contribution in [0.1, 0.15) is 30.5 Å². The fourth-order valence-electron chi connectivity index (χ4n) is 3.90. The third-order valence-electron chi connectivity index (χ3n) is 5.88. The van der Waals surface area contributed by atoms with Gasteiger partial charge in [0.15, 0.2) is 5.60 Å². The van der Waals surface area contributed by atoms with Gasteiger partial charge in [-0.05, 0) is 24.6 Å². The summed E-state index contributed by atoms with van der Waals surface area (Å²) in [5, 5.41) is 23.8. The van der Waals surface area contributed by atoms with Gasteiger partial charge >= 0.3 is 0 Å². The quantitative estimate of drug-likeness (QED) is 0.403. The number of aromatic nitrogens is 5. The number of benzene rings is 1. The molecule has 10 heteroatoms. The molecule has 1 saturated heterocycles. The molecule has 0 unspecified atom stereocenters. The Balaban J connectivity index is 1.39. The fraction of sp³-hybridized carbons (Fsp3) is 0.261. The molecule has 1 fully saturated rings. The Morgan fingerprint density at radius 3 is 2.91 bits per heavy atom. The first-order valence-electron chi connectivity index (χ1n) is 10.6. The van der Waals surface area contributed by atoms with Gasteiger partial charge in [0, 0.05) is 48.9 Å². The van der Waals surface area contributed by atoms with E-state index in [1.54, 1.807) is 30.4 Å². The Labute approximate surface area is 194 Å². The van der Waals surface area contributed by atoms with Crippen molar-refractivity contribution in [1.29, 1.82) is 0 Å². The second-order valence-corrected chi connectivity index (χ2v) is 8.98. The number of aliphatic hydroxyl groups is 1. The Morgan fingerprint density at radius 2 is 2.15 bits per heavy atom. The molecular weight excluding hydrogens is 438 g/mol. The van der Waals surface area contributed by atoms with Crippen molar-refractivity contribution in [3.63, 3.8) is 0 Å². The molecule has 0 saturated carbocycles. The van der Waals surface area contributed by atoms with E-state index in [-0.39, 0.29) is 11.9 Å². The maximum Gasteiger partial charge on any atom is 0.258 e. The molecular formula is C23H23N7O2S. The molecule has 1 amide bonds. The number of nitrogens with zero attached hydrogens (tertiary/aromatic N) is 5. The number of likely N-dealkylation sites (N-methyl/N-ethyl adjacent to an activating group) is 1. The van der Waals surface area contributed by atoms with E-state index in [1.807, 2.05) is 42.8 Å². The minimum atomic E-state index is -1.48. The number of thiazole rings is 1. The SMILES string of the molecule is C[C@@H](Nc1nccc(-c2csc(-c3cccc([C@]4(O)CCN(C)C4=O)c3)n2)n1)c1cn[nH]c1. The van der Waals surface area contributed by atoms with Crippen LogP contribution < -0.4 is 5.32 Å². The highest BCUT2D eigenvalue weighted by atomic mass is 32.1. The lowest BCUT2D eigenvalue weighted by atomic mass is 9.91. The van der Waals surface area contributed by atoms with Gasteiger partial charge in [0.25, 0.3) is 5.91 Å². The number of aromatic amines is 1. The lowest BCUT2D eigenvalue weighted by Crippen LogP contribution is -2.36. The molecule has 1 aromatic carbocycles. The molecule has 0 bridgehead atoms. The van der Waals surface area contributed by atoms with Crippen molar-refractivity contribution < 1.29 is 9.90 Å². The van der Waals surface area contributed by atoms with Crippen LogP contribution in [0.3, 0.4) is 0 Å². The highest BCUT2D eigenvalue weighted by Crippen LogP contribution is 2.36. The molecule has 168 valence electrons. The van der Waals surface area contributed by atoms with Gasteiger partial charge in [0.2, 0.25) is 5.95 Å². The van der Waals surface area contributed by atoms with Gasteiger partial charge in [-0.2, -0.15) is 5.10 Å². The van der Waals surface area contributed by atoms with Crippen LogP contribution in [-0.2, 0) is 10.4 Å². The highest BCUT2D eigenvalue weighted by Gasteiger charge is 2.45. The van der Waals surface area contributed by atoms with E-state index in [9.17, 15) is 9.90 Å². The number of nitrogens with one attached hydrogen (secondary N) is 2. The van der Waals surface area contributed by atoms with Crippen LogP contribution >= 0.6 is 11.3 Å². The maximum absolute atomic E-state index is 12.5. The standard InChI is InChI=1S/C23H23N7O2S/c1-14(16-11-25-26-12-16)27-22-24-8-6-18(29-22)19-13-33-20(28-19)15-4-3-5-17(10-15)23(32)7-9-30(2)21(23)31/h3-6,8,10-14,32H,7,9H2,1-2H3,(H,25,26)(H,24,27,29)/t14-,23-/m1/s1. The summed E-state index contributed by atoms with van der Waals surface area (Å²) in [6.07, 6.45) is 5.67. The first-order chi connectivity index (χ1) is 15.9. The Kier molecular flexibility index (Phi) is 5.39. The molecule has 3 N–H and O–H groups in total. The van der Waals surface area contributed by atoms with E-state index in [2.05, 4.69) is 25.5 Å². The molecule has 0 aliphatic carbocycles. The summed E-state index contributed by atoms with van der Waals surface area (Å²) in [7, 11) is 1.71. The number of anilines is 1. The summed E-state index contributed by atoms with van der Waals surface area (Å²) in [6.45, 7) is 2.54. The number of carbonyl (C=O) groups is 1. The van der Waals surface area contributed by atoms with Gasteiger partial charge < -0.3 is 15.3 Å². The average molecular weight is 462 g/mol. The summed E-state index contributed by atoms with van der Waals surface area (Å²) in [5.74, 6) is 0.231. The molecule has 3 aromatic heterocycles. The van der Waals surface area contributed by atoms with Gasteiger partial charge in [-0.1, -0.05) is 18.2 Å². The number of H-pyrrole nitrogens is 1. The zero-order valence-corrected chi connectivity index (χ0v) is 19.0. The summed E-state index contributed by atoms with van der Waals surface area (Å²) in [6, 6.07) is 9.23. The van der Waals surface area contributed by atoms with Crippen LogP contribution in [0.2, 0.25) is 0 Å². The Hall–Kier alpha value is -3.63. The number of likely N-dealkylation sites (tertiary alicyclic amines) is 1. The van der Waals surface area contributed by atoms with E-state index in [4.69, 9.17) is 4.98 Å². The zero-order valence-electron chi connectivity index (χ0n) is 18.2. The molecule has 4 heterocycles. The lowest BCUT2D eigenvalue weighted by Gasteiger charge is -2.21. The number of amides is 1. The minimum Gasteiger partial charge on any atom is -0.375 e. The highest BCUT2D eigenvalue weighted by molar-refractivity contribution is 7.13. The van der Waals surface area contributed by atoms with Crippen molar-refractivity contribution in [2.24, 2.45) is 0 Å². The van der Waals surface area contributed by atoms with E-state index in [0.29, 0.717) is 30.2 Å². The van der Waals surface area contributed by atoms with Crippen LogP contribution in [0.5, 0.6) is 0 Å². The number of hydrogen-bond donors (Lipinski definition) is 3. The first-order valence-corrected chi connectivity index (χ1v) is 11.4. The van der Waals surface area contributed by atoms with Crippen molar-refractivity contribution >= 4 is 23.2 Å². The van der Waals surface area contributed by atoms with Gasteiger partial charge in [0.05, 0.1) is 17.9 Å². The van der Waals surface area contributed by atoms with Crippen molar-refractivity contribution in [1.82, 2.24) is 30.0 Å². The van der Waals surface area contributed by atoms with Crippen molar-refractivity contribution in [3.05, 3.63) is 65.4 Å². The molecule has 0 radical (unpaired) electrons. The van der Waals surface area contributed by atoms with Crippen molar-refractivity contribution in [2.75, 3.05) is 18.9 Å².